The van der Waals surface area contributed by atoms with Gasteiger partial charge in [-0.2, -0.15) is 0 Å². The maximum absolute atomic E-state index is 11.3. The molecule has 1 aliphatic carbocycles. The van der Waals surface area contributed by atoms with E-state index >= 15 is 0 Å². The second-order valence-electron chi connectivity index (χ2n) is 6.15. The van der Waals surface area contributed by atoms with Gasteiger partial charge < -0.3 is 9.47 Å². The van der Waals surface area contributed by atoms with E-state index in [2.05, 4.69) is 4.90 Å². The molecular formula is C15H29NO4S. The van der Waals surface area contributed by atoms with Gasteiger partial charge >= 0.3 is 0 Å². The standard InChI is InChI=1S/C15H29NO4S/c17-21(18)12-9-16(10-13-21)8-11-19-14-20-15-6-4-2-1-3-5-7-15/h15H,1-14H2. The number of hydrogen-bond donors (Lipinski definition) is 0. The monoisotopic (exact) mass is 319 g/mol. The van der Waals surface area contributed by atoms with Gasteiger partial charge in [0.05, 0.1) is 24.2 Å². The molecule has 0 radical (unpaired) electrons. The van der Waals surface area contributed by atoms with Crippen molar-refractivity contribution < 1.29 is 17.9 Å². The van der Waals surface area contributed by atoms with Crippen LogP contribution in [0.25, 0.3) is 0 Å². The van der Waals surface area contributed by atoms with Crippen LogP contribution in [0.4, 0.5) is 0 Å². The molecule has 0 unspecified atom stereocenters. The Hall–Kier alpha value is -0.170. The molecular weight excluding hydrogens is 290 g/mol. The van der Waals surface area contributed by atoms with E-state index in [0.717, 1.165) is 19.4 Å². The van der Waals surface area contributed by atoms with E-state index in [4.69, 9.17) is 9.47 Å². The average Bonchev–Trinajstić information content (AvgIpc) is 2.42. The van der Waals surface area contributed by atoms with Crippen molar-refractivity contribution in [2.45, 2.75) is 51.0 Å². The molecule has 1 saturated carbocycles. The summed E-state index contributed by atoms with van der Waals surface area (Å²) in [4.78, 5) is 2.15. The van der Waals surface area contributed by atoms with Crippen LogP contribution in [0.2, 0.25) is 0 Å². The summed E-state index contributed by atoms with van der Waals surface area (Å²) >= 11 is 0. The van der Waals surface area contributed by atoms with Crippen molar-refractivity contribution in [1.82, 2.24) is 4.90 Å². The number of sulfone groups is 1. The van der Waals surface area contributed by atoms with Crippen molar-refractivity contribution in [2.75, 3.05) is 44.5 Å². The molecule has 124 valence electrons. The van der Waals surface area contributed by atoms with Crippen LogP contribution < -0.4 is 0 Å². The topological polar surface area (TPSA) is 55.8 Å². The van der Waals surface area contributed by atoms with Gasteiger partial charge in [-0.25, -0.2) is 8.42 Å². The molecule has 1 aliphatic heterocycles. The Labute approximate surface area is 128 Å². The van der Waals surface area contributed by atoms with E-state index in [1.807, 2.05) is 0 Å². The highest BCUT2D eigenvalue weighted by atomic mass is 32.2. The van der Waals surface area contributed by atoms with Gasteiger partial charge in [0.25, 0.3) is 0 Å². The summed E-state index contributed by atoms with van der Waals surface area (Å²) in [5, 5.41) is 0. The Morgan fingerprint density at radius 2 is 1.57 bits per heavy atom. The first-order chi connectivity index (χ1) is 10.2. The molecule has 0 aromatic rings. The first kappa shape index (κ1) is 17.2. The molecule has 2 aliphatic rings. The molecule has 0 aromatic heterocycles. The van der Waals surface area contributed by atoms with Crippen LogP contribution in [-0.4, -0.2) is 64.0 Å². The molecule has 0 amide bonds. The molecule has 1 heterocycles. The molecule has 2 rings (SSSR count). The van der Waals surface area contributed by atoms with E-state index < -0.39 is 9.84 Å². The van der Waals surface area contributed by atoms with Gasteiger partial charge in [0.15, 0.2) is 9.84 Å². The third kappa shape index (κ3) is 7.08. The van der Waals surface area contributed by atoms with E-state index in [1.165, 1.54) is 32.1 Å². The van der Waals surface area contributed by atoms with Gasteiger partial charge in [-0.05, 0) is 12.8 Å². The summed E-state index contributed by atoms with van der Waals surface area (Å²) in [6, 6.07) is 0. The van der Waals surface area contributed by atoms with Gasteiger partial charge in [-0.3, -0.25) is 4.90 Å². The average molecular weight is 319 g/mol. The molecule has 0 bridgehead atoms. The molecule has 0 aromatic carbocycles. The molecule has 2 fully saturated rings. The predicted octanol–water partition coefficient (Wildman–Crippen LogP) is 1.82. The van der Waals surface area contributed by atoms with Crippen molar-refractivity contribution in [1.29, 1.82) is 0 Å². The van der Waals surface area contributed by atoms with Gasteiger partial charge in [0.2, 0.25) is 0 Å². The zero-order chi connectivity index (χ0) is 15.0. The van der Waals surface area contributed by atoms with E-state index in [-0.39, 0.29) is 11.5 Å². The van der Waals surface area contributed by atoms with Gasteiger partial charge in [0.1, 0.15) is 6.79 Å². The molecule has 6 heteroatoms. The highest BCUT2D eigenvalue weighted by molar-refractivity contribution is 7.91. The van der Waals surface area contributed by atoms with Crippen LogP contribution in [0.5, 0.6) is 0 Å². The highest BCUT2D eigenvalue weighted by Crippen LogP contribution is 2.19. The fourth-order valence-electron chi connectivity index (χ4n) is 2.96. The maximum Gasteiger partial charge on any atom is 0.152 e. The summed E-state index contributed by atoms with van der Waals surface area (Å²) < 4.78 is 34.0. The quantitative estimate of drug-likeness (QED) is 0.552. The van der Waals surface area contributed by atoms with Crippen LogP contribution >= 0.6 is 0 Å². The number of nitrogens with zero attached hydrogens (tertiary/aromatic N) is 1. The van der Waals surface area contributed by atoms with Crippen molar-refractivity contribution in [3.63, 3.8) is 0 Å². The van der Waals surface area contributed by atoms with Crippen LogP contribution in [0.3, 0.4) is 0 Å². The zero-order valence-electron chi connectivity index (χ0n) is 13.0. The van der Waals surface area contributed by atoms with Crippen molar-refractivity contribution in [2.24, 2.45) is 0 Å². The Balaban J connectivity index is 1.49. The van der Waals surface area contributed by atoms with E-state index in [0.29, 0.717) is 32.6 Å². The number of ether oxygens (including phenoxy) is 2. The second kappa shape index (κ2) is 9.08. The lowest BCUT2D eigenvalue weighted by Gasteiger charge is -2.26. The van der Waals surface area contributed by atoms with Crippen molar-refractivity contribution in [3.05, 3.63) is 0 Å². The Bertz CT molecular complexity index is 363. The summed E-state index contributed by atoms with van der Waals surface area (Å²) in [5.41, 5.74) is 0. The predicted molar refractivity (Wildman–Crippen MR) is 83.1 cm³/mol. The fourth-order valence-corrected chi connectivity index (χ4v) is 4.23. The fraction of sp³-hybridized carbons (Fsp3) is 1.00. The first-order valence-electron chi connectivity index (χ1n) is 8.28. The highest BCUT2D eigenvalue weighted by Gasteiger charge is 2.21. The van der Waals surface area contributed by atoms with E-state index in [1.54, 1.807) is 0 Å². The van der Waals surface area contributed by atoms with Gasteiger partial charge in [-0.1, -0.05) is 32.1 Å². The second-order valence-corrected chi connectivity index (χ2v) is 8.46. The Morgan fingerprint density at radius 3 is 2.24 bits per heavy atom. The van der Waals surface area contributed by atoms with E-state index in [9.17, 15) is 8.42 Å². The molecule has 0 atom stereocenters. The molecule has 0 N–H and O–H groups in total. The SMILES string of the molecule is O=S1(=O)CCN(CCOCOC2CCCCCCC2)CC1. The molecule has 1 saturated heterocycles. The summed E-state index contributed by atoms with van der Waals surface area (Å²) in [6.07, 6.45) is 9.26. The maximum atomic E-state index is 11.3. The third-order valence-electron chi connectivity index (χ3n) is 4.43. The number of rotatable bonds is 6. The lowest BCUT2D eigenvalue weighted by molar-refractivity contribution is -0.0979. The Kier molecular flexibility index (Phi) is 7.43. The largest absolute Gasteiger partial charge is 0.354 e. The minimum absolute atomic E-state index is 0.283. The lowest BCUT2D eigenvalue weighted by Crippen LogP contribution is -2.41. The molecule has 21 heavy (non-hydrogen) atoms. The number of hydrogen-bond acceptors (Lipinski definition) is 5. The smallest absolute Gasteiger partial charge is 0.152 e. The summed E-state index contributed by atoms with van der Waals surface area (Å²) in [7, 11) is -2.78. The summed E-state index contributed by atoms with van der Waals surface area (Å²) in [5.74, 6) is 0.567. The van der Waals surface area contributed by atoms with Gasteiger partial charge in [-0.15, -0.1) is 0 Å². The normalized spacial score (nSPS) is 25.3. The molecule has 5 nitrogen and oxygen atoms in total. The van der Waals surface area contributed by atoms with Crippen LogP contribution in [0, 0.1) is 0 Å². The summed E-state index contributed by atoms with van der Waals surface area (Å²) in [6.45, 7) is 3.05. The zero-order valence-corrected chi connectivity index (χ0v) is 13.8. The van der Waals surface area contributed by atoms with Crippen molar-refractivity contribution in [3.8, 4) is 0 Å². The first-order valence-corrected chi connectivity index (χ1v) is 10.1. The van der Waals surface area contributed by atoms with Crippen LogP contribution in [0.1, 0.15) is 44.9 Å². The van der Waals surface area contributed by atoms with Crippen molar-refractivity contribution >= 4 is 9.84 Å². The lowest BCUT2D eigenvalue weighted by atomic mass is 9.99. The minimum Gasteiger partial charge on any atom is -0.354 e. The third-order valence-corrected chi connectivity index (χ3v) is 6.04. The van der Waals surface area contributed by atoms with Crippen LogP contribution in [-0.2, 0) is 19.3 Å². The van der Waals surface area contributed by atoms with Crippen LogP contribution in [0.15, 0.2) is 0 Å². The minimum atomic E-state index is -2.78. The Morgan fingerprint density at radius 1 is 0.952 bits per heavy atom. The van der Waals surface area contributed by atoms with Gasteiger partial charge in [0, 0.05) is 19.6 Å². The molecule has 0 spiro atoms.